The number of phenolic OH excluding ortho intramolecular Hbond substituents is 1. The first-order valence-corrected chi connectivity index (χ1v) is 7.31. The van der Waals surface area contributed by atoms with Gasteiger partial charge in [-0.1, -0.05) is 18.2 Å². The molecule has 0 aromatic heterocycles. The number of phenols is 1. The summed E-state index contributed by atoms with van der Waals surface area (Å²) >= 11 is 0. The average Bonchev–Trinajstić information content (AvgIpc) is 1.85. The van der Waals surface area contributed by atoms with Gasteiger partial charge in [0.25, 0.3) is 0 Å². The summed E-state index contributed by atoms with van der Waals surface area (Å²) in [6.07, 6.45) is 0. The van der Waals surface area contributed by atoms with Crippen LogP contribution in [0.15, 0.2) is 30.3 Å². The van der Waals surface area contributed by atoms with E-state index in [0.29, 0.717) is 5.75 Å². The Labute approximate surface area is 107 Å². The molecule has 0 aliphatic rings. The van der Waals surface area contributed by atoms with E-state index in [4.69, 9.17) is 9.90 Å². The molecule has 4 nitrogen and oxygen atoms in total. The fourth-order valence-electron chi connectivity index (χ4n) is 0.428. The molecule has 1 rings (SSSR count). The first-order chi connectivity index (χ1) is 5.39. The van der Waals surface area contributed by atoms with Crippen molar-refractivity contribution in [1.82, 2.24) is 0 Å². The Hall–Kier alpha value is -0.169. The van der Waals surface area contributed by atoms with Gasteiger partial charge in [-0.2, -0.15) is 0 Å². The number of rotatable bonds is 0. The van der Waals surface area contributed by atoms with Gasteiger partial charge in [-0.05, 0) is 31.8 Å². The second-order valence-electron chi connectivity index (χ2n) is 3.51. The van der Waals surface area contributed by atoms with Crippen LogP contribution in [0.1, 0.15) is 0 Å². The van der Waals surface area contributed by atoms with E-state index >= 15 is 0 Å². The molecule has 0 fully saturated rings. The Kier molecular flexibility index (Phi) is 19.2. The summed E-state index contributed by atoms with van der Waals surface area (Å²) < 4.78 is 0. The van der Waals surface area contributed by atoms with Crippen LogP contribution in [-0.2, 0) is 21.7 Å². The van der Waals surface area contributed by atoms with Crippen molar-refractivity contribution in [2.75, 3.05) is 0 Å². The predicted molar refractivity (Wildman–Crippen MR) is 60.9 cm³/mol. The Morgan fingerprint density at radius 2 is 1.20 bits per heavy atom. The first kappa shape index (κ1) is 24.2. The molecule has 0 saturated heterocycles. The molecule has 0 aliphatic heterocycles. The zero-order valence-electron chi connectivity index (χ0n) is 9.28. The quantitative estimate of drug-likeness (QED) is 0.671. The summed E-state index contributed by atoms with van der Waals surface area (Å²) in [6, 6.07) is 8.71. The second kappa shape index (κ2) is 11.9. The molecule has 1 aromatic carbocycles. The van der Waals surface area contributed by atoms with Gasteiger partial charge in [-0.25, -0.2) is 0 Å². The molecule has 0 heterocycles. The van der Waals surface area contributed by atoms with Crippen LogP contribution in [0, 0.1) is 0 Å². The molecular weight excluding hydrogens is 248 g/mol. The van der Waals surface area contributed by atoms with Crippen molar-refractivity contribution in [3.8, 4) is 5.75 Å². The monoisotopic (exact) mass is 268 g/mol. The maximum Gasteiger partial charge on any atom is 0.179 e. The molecule has 0 spiro atoms. The predicted octanol–water partition coefficient (Wildman–Crippen LogP) is 0.554. The van der Waals surface area contributed by atoms with E-state index in [9.17, 15) is 0 Å². The van der Waals surface area contributed by atoms with Crippen LogP contribution >= 0.6 is 0 Å². The molecule has 0 bridgehead atoms. The molecule has 15 heavy (non-hydrogen) atoms. The summed E-state index contributed by atoms with van der Waals surface area (Å²) in [7, 11) is -1.61. The summed E-state index contributed by atoms with van der Waals surface area (Å²) in [4.78, 5) is 8.66. The largest absolute Gasteiger partial charge is 0.508 e. The van der Waals surface area contributed by atoms with Gasteiger partial charge in [0.05, 0.1) is 0 Å². The maximum absolute atomic E-state index is 8.66. The Bertz CT molecular complexity index is 207. The molecule has 0 aliphatic carbocycles. The van der Waals surface area contributed by atoms with Crippen molar-refractivity contribution < 1.29 is 42.6 Å². The van der Waals surface area contributed by atoms with Gasteiger partial charge >= 0.3 is 0 Å². The summed E-state index contributed by atoms with van der Waals surface area (Å²) in [5, 5.41) is 8.63. The molecule has 0 amide bonds. The maximum atomic E-state index is 8.66. The van der Waals surface area contributed by atoms with E-state index < -0.39 is 8.32 Å². The number of hydrogen-bond donors (Lipinski definition) is 2. The van der Waals surface area contributed by atoms with Gasteiger partial charge in [0.15, 0.2) is 8.32 Å². The SMILES string of the molecule is C[Si](C)(C)O.O.O.Oc1ccccc1.[Ti]. The van der Waals surface area contributed by atoms with Crippen LogP contribution in [0.4, 0.5) is 0 Å². The van der Waals surface area contributed by atoms with E-state index in [1.54, 1.807) is 24.3 Å². The number of aromatic hydroxyl groups is 1. The van der Waals surface area contributed by atoms with E-state index in [1.165, 1.54) is 0 Å². The fraction of sp³-hybridized carbons (Fsp3) is 0.333. The van der Waals surface area contributed by atoms with E-state index in [1.807, 2.05) is 25.7 Å². The number of hydrogen-bond acceptors (Lipinski definition) is 2. The van der Waals surface area contributed by atoms with Crippen molar-refractivity contribution in [3.63, 3.8) is 0 Å². The molecule has 0 atom stereocenters. The standard InChI is InChI=1S/C6H6O.C3H10OSi.2H2O.Ti/c7-6-4-2-1-3-5-6;1-5(2,3)4;;;/h1-5,7H;4H,1-3H3;2*1H2;. The Balaban J connectivity index is -0.0000000701. The molecule has 0 radical (unpaired) electrons. The third kappa shape index (κ3) is 31.6. The zero-order valence-corrected chi connectivity index (χ0v) is 11.8. The fourth-order valence-corrected chi connectivity index (χ4v) is 0.428. The summed E-state index contributed by atoms with van der Waals surface area (Å²) in [6.45, 7) is 5.65. The van der Waals surface area contributed by atoms with Gasteiger partial charge < -0.3 is 20.9 Å². The van der Waals surface area contributed by atoms with Gasteiger partial charge in [-0.15, -0.1) is 0 Å². The van der Waals surface area contributed by atoms with Crippen LogP contribution in [0.2, 0.25) is 19.6 Å². The summed E-state index contributed by atoms with van der Waals surface area (Å²) in [5.41, 5.74) is 0. The molecule has 6 heteroatoms. The normalized spacial score (nSPS) is 8.00. The van der Waals surface area contributed by atoms with Crippen molar-refractivity contribution in [3.05, 3.63) is 30.3 Å². The number of benzene rings is 1. The van der Waals surface area contributed by atoms with Crippen molar-refractivity contribution in [2.45, 2.75) is 19.6 Å². The first-order valence-electron chi connectivity index (χ1n) is 3.86. The van der Waals surface area contributed by atoms with Crippen molar-refractivity contribution in [1.29, 1.82) is 0 Å². The zero-order chi connectivity index (χ0) is 9.61. The molecule has 1 aromatic rings. The van der Waals surface area contributed by atoms with Gasteiger partial charge in [0, 0.05) is 21.7 Å². The van der Waals surface area contributed by atoms with Crippen molar-refractivity contribution >= 4 is 8.32 Å². The molecule has 0 saturated carbocycles. The van der Waals surface area contributed by atoms with Gasteiger partial charge in [-0.3, -0.25) is 0 Å². The van der Waals surface area contributed by atoms with E-state index in [-0.39, 0.29) is 32.7 Å². The third-order valence-electron chi connectivity index (χ3n) is 0.756. The van der Waals surface area contributed by atoms with E-state index in [0.717, 1.165) is 0 Å². The van der Waals surface area contributed by atoms with Crippen LogP contribution in [-0.4, -0.2) is 29.2 Å². The smallest absolute Gasteiger partial charge is 0.179 e. The minimum absolute atomic E-state index is 0. The van der Waals surface area contributed by atoms with Crippen LogP contribution in [0.5, 0.6) is 5.75 Å². The topological polar surface area (TPSA) is 103 Å². The Morgan fingerprint density at radius 1 is 0.933 bits per heavy atom. The number of para-hydroxylation sites is 1. The summed E-state index contributed by atoms with van der Waals surface area (Å²) in [5.74, 6) is 0.322. The minimum atomic E-state index is -1.61. The molecule has 6 N–H and O–H groups in total. The van der Waals surface area contributed by atoms with E-state index in [2.05, 4.69) is 0 Å². The Morgan fingerprint density at radius 3 is 1.33 bits per heavy atom. The third-order valence-corrected chi connectivity index (χ3v) is 0.756. The van der Waals surface area contributed by atoms with Gasteiger partial charge in [0.1, 0.15) is 5.75 Å². The molecule has 0 unspecified atom stereocenters. The minimum Gasteiger partial charge on any atom is -0.508 e. The molecule has 88 valence electrons. The average molecular weight is 268 g/mol. The van der Waals surface area contributed by atoms with Crippen LogP contribution in [0.3, 0.4) is 0 Å². The van der Waals surface area contributed by atoms with Crippen LogP contribution < -0.4 is 0 Å². The van der Waals surface area contributed by atoms with Crippen molar-refractivity contribution in [2.24, 2.45) is 0 Å². The van der Waals surface area contributed by atoms with Gasteiger partial charge in [0.2, 0.25) is 0 Å². The van der Waals surface area contributed by atoms with Crippen LogP contribution in [0.25, 0.3) is 0 Å². The molecular formula is C9H20O4SiTi. The second-order valence-corrected chi connectivity index (χ2v) is 7.85.